The molecule has 1 N–H and O–H groups in total. The number of thiocarbonyl (C=S) groups is 1. The molecule has 176 valence electrons. The highest BCUT2D eigenvalue weighted by atomic mass is 32.1. The molecule has 0 amide bonds. The molecule has 0 radical (unpaired) electrons. The molecule has 0 bridgehead atoms. The van der Waals surface area contributed by atoms with Crippen molar-refractivity contribution in [1.82, 2.24) is 19.9 Å². The fourth-order valence-corrected chi connectivity index (χ4v) is 5.53. The summed E-state index contributed by atoms with van der Waals surface area (Å²) in [7, 11) is 0. The average Bonchev–Trinajstić information content (AvgIpc) is 3.66. The normalized spacial score (nSPS) is 20.2. The first-order valence-electron chi connectivity index (χ1n) is 12.1. The van der Waals surface area contributed by atoms with Crippen molar-refractivity contribution in [1.29, 1.82) is 0 Å². The van der Waals surface area contributed by atoms with Crippen LogP contribution in [-0.2, 0) is 0 Å². The van der Waals surface area contributed by atoms with Crippen molar-refractivity contribution in [3.8, 4) is 11.4 Å². The summed E-state index contributed by atoms with van der Waals surface area (Å²) in [4.78, 5) is 11.2. The van der Waals surface area contributed by atoms with Gasteiger partial charge in [-0.3, -0.25) is 9.97 Å². The lowest BCUT2D eigenvalue weighted by Gasteiger charge is -2.29. The molecule has 2 atom stereocenters. The highest BCUT2D eigenvalue weighted by Gasteiger charge is 2.42. The molecule has 3 aromatic heterocycles. The number of ether oxygens (including phenoxy) is 1. The van der Waals surface area contributed by atoms with E-state index in [1.54, 1.807) is 6.20 Å². The SMILES string of the molecule is S=C1N[C@@H](c2ccccn2)[C@H](c2cccn2-c2cccnc2)N1c1ccc(OC2CCCC2)cc1. The zero-order chi connectivity index (χ0) is 23.6. The minimum Gasteiger partial charge on any atom is -0.490 e. The van der Waals surface area contributed by atoms with E-state index in [4.69, 9.17) is 17.0 Å². The van der Waals surface area contributed by atoms with E-state index in [2.05, 4.69) is 73.4 Å². The molecule has 1 aliphatic heterocycles. The van der Waals surface area contributed by atoms with Gasteiger partial charge in [0.25, 0.3) is 0 Å². The van der Waals surface area contributed by atoms with Gasteiger partial charge in [-0.1, -0.05) is 6.07 Å². The van der Waals surface area contributed by atoms with Crippen molar-refractivity contribution in [3.05, 3.63) is 103 Å². The van der Waals surface area contributed by atoms with Crippen LogP contribution in [0.1, 0.15) is 49.2 Å². The lowest BCUT2D eigenvalue weighted by atomic mass is 10.0. The number of nitrogens with zero attached hydrogens (tertiary/aromatic N) is 4. The molecule has 2 aliphatic rings. The molecular formula is C28H27N5OS. The van der Waals surface area contributed by atoms with Gasteiger partial charge in [0.1, 0.15) is 11.8 Å². The summed E-state index contributed by atoms with van der Waals surface area (Å²) in [6, 6.07) is 22.3. The fraction of sp³-hybridized carbons (Fsp3) is 0.250. The number of hydrogen-bond donors (Lipinski definition) is 1. The third-order valence-electron chi connectivity index (χ3n) is 6.83. The van der Waals surface area contributed by atoms with E-state index in [0.717, 1.165) is 41.4 Å². The van der Waals surface area contributed by atoms with Gasteiger partial charge in [0.05, 0.1) is 29.7 Å². The zero-order valence-corrected chi connectivity index (χ0v) is 20.1. The van der Waals surface area contributed by atoms with E-state index in [9.17, 15) is 0 Å². The Morgan fingerprint density at radius 2 is 1.74 bits per heavy atom. The average molecular weight is 482 g/mol. The van der Waals surface area contributed by atoms with Gasteiger partial charge in [-0.15, -0.1) is 0 Å². The summed E-state index contributed by atoms with van der Waals surface area (Å²) in [6.07, 6.45) is 12.7. The molecule has 4 heterocycles. The smallest absolute Gasteiger partial charge is 0.174 e. The van der Waals surface area contributed by atoms with Gasteiger partial charge in [0.15, 0.2) is 5.11 Å². The second kappa shape index (κ2) is 9.50. The van der Waals surface area contributed by atoms with E-state index in [1.165, 1.54) is 12.8 Å². The molecule has 0 spiro atoms. The summed E-state index contributed by atoms with van der Waals surface area (Å²) >= 11 is 5.89. The first kappa shape index (κ1) is 21.8. The first-order chi connectivity index (χ1) is 17.3. The highest BCUT2D eigenvalue weighted by Crippen LogP contribution is 2.42. The Morgan fingerprint density at radius 1 is 0.886 bits per heavy atom. The van der Waals surface area contributed by atoms with Crippen LogP contribution in [0.25, 0.3) is 5.69 Å². The van der Waals surface area contributed by atoms with Crippen LogP contribution in [0.15, 0.2) is 91.5 Å². The fourth-order valence-electron chi connectivity index (χ4n) is 5.18. The molecule has 1 saturated heterocycles. The predicted molar refractivity (Wildman–Crippen MR) is 141 cm³/mol. The number of aromatic nitrogens is 3. The van der Waals surface area contributed by atoms with Crippen molar-refractivity contribution in [2.45, 2.75) is 43.9 Å². The molecule has 2 fully saturated rings. The maximum absolute atomic E-state index is 6.20. The topological polar surface area (TPSA) is 55.2 Å². The summed E-state index contributed by atoms with van der Waals surface area (Å²) < 4.78 is 8.37. The van der Waals surface area contributed by atoms with Gasteiger partial charge >= 0.3 is 0 Å². The molecule has 1 aliphatic carbocycles. The van der Waals surface area contributed by atoms with Crippen LogP contribution in [0.5, 0.6) is 5.75 Å². The van der Waals surface area contributed by atoms with Crippen LogP contribution in [0.3, 0.4) is 0 Å². The molecule has 0 unspecified atom stereocenters. The third kappa shape index (κ3) is 4.28. The van der Waals surface area contributed by atoms with E-state index < -0.39 is 0 Å². The van der Waals surface area contributed by atoms with E-state index >= 15 is 0 Å². The summed E-state index contributed by atoms with van der Waals surface area (Å²) in [6.45, 7) is 0. The number of rotatable bonds is 6. The van der Waals surface area contributed by atoms with Crippen molar-refractivity contribution in [3.63, 3.8) is 0 Å². The van der Waals surface area contributed by atoms with Crippen LogP contribution < -0.4 is 15.0 Å². The maximum Gasteiger partial charge on any atom is 0.174 e. The first-order valence-corrected chi connectivity index (χ1v) is 12.5. The van der Waals surface area contributed by atoms with Gasteiger partial charge in [-0.2, -0.15) is 0 Å². The second-order valence-electron chi connectivity index (χ2n) is 9.03. The number of nitrogens with one attached hydrogen (secondary N) is 1. The molecule has 1 saturated carbocycles. The Kier molecular flexibility index (Phi) is 5.92. The van der Waals surface area contributed by atoms with E-state index in [0.29, 0.717) is 11.2 Å². The molecule has 6 rings (SSSR count). The minimum atomic E-state index is -0.108. The number of hydrogen-bond acceptors (Lipinski definition) is 4. The van der Waals surface area contributed by atoms with Crippen molar-refractivity contribution >= 4 is 23.0 Å². The Labute approximate surface area is 210 Å². The largest absolute Gasteiger partial charge is 0.490 e. The van der Waals surface area contributed by atoms with E-state index in [1.807, 2.05) is 36.7 Å². The van der Waals surface area contributed by atoms with Crippen LogP contribution in [0, 0.1) is 0 Å². The van der Waals surface area contributed by atoms with Gasteiger partial charge in [0.2, 0.25) is 0 Å². The minimum absolute atomic E-state index is 0.103. The Balaban J connectivity index is 1.39. The summed E-state index contributed by atoms with van der Waals surface area (Å²) in [5, 5.41) is 4.22. The third-order valence-corrected chi connectivity index (χ3v) is 7.14. The van der Waals surface area contributed by atoms with Crippen molar-refractivity contribution in [2.24, 2.45) is 0 Å². The predicted octanol–water partition coefficient (Wildman–Crippen LogP) is 5.77. The monoisotopic (exact) mass is 481 g/mol. The van der Waals surface area contributed by atoms with Gasteiger partial charge in [0, 0.05) is 30.0 Å². The zero-order valence-electron chi connectivity index (χ0n) is 19.3. The van der Waals surface area contributed by atoms with Gasteiger partial charge < -0.3 is 19.5 Å². The number of pyridine rings is 2. The van der Waals surface area contributed by atoms with Crippen molar-refractivity contribution in [2.75, 3.05) is 4.90 Å². The number of benzene rings is 1. The lowest BCUT2D eigenvalue weighted by Crippen LogP contribution is -2.30. The molecule has 4 aromatic rings. The maximum atomic E-state index is 6.20. The van der Waals surface area contributed by atoms with Gasteiger partial charge in [-0.05, 0) is 98.6 Å². The molecule has 7 heteroatoms. The molecular weight excluding hydrogens is 454 g/mol. The van der Waals surface area contributed by atoms with Crippen LogP contribution in [0.4, 0.5) is 5.69 Å². The van der Waals surface area contributed by atoms with Gasteiger partial charge in [-0.25, -0.2) is 0 Å². The molecule has 1 aromatic carbocycles. The molecule has 35 heavy (non-hydrogen) atoms. The standard InChI is InChI=1S/C28H27N5OS/c35-28-31-26(24-10-3-4-17-30-24)27(25-11-6-18-32(25)21-7-5-16-29-19-21)33(28)20-12-14-23(15-13-20)34-22-8-1-2-9-22/h3-7,10-19,22,26-27H,1-2,8-9H2,(H,31,35)/t26-,27-/m0/s1. The Morgan fingerprint density at radius 3 is 2.49 bits per heavy atom. The lowest BCUT2D eigenvalue weighted by molar-refractivity contribution is 0.210. The Hall–Kier alpha value is -3.71. The molecule has 6 nitrogen and oxygen atoms in total. The highest BCUT2D eigenvalue weighted by molar-refractivity contribution is 7.80. The van der Waals surface area contributed by atoms with Crippen LogP contribution in [0.2, 0.25) is 0 Å². The number of anilines is 1. The van der Waals surface area contributed by atoms with Crippen LogP contribution in [-0.4, -0.2) is 25.8 Å². The van der Waals surface area contributed by atoms with Crippen LogP contribution >= 0.6 is 12.2 Å². The summed E-state index contributed by atoms with van der Waals surface area (Å²) in [5.41, 5.74) is 4.07. The van der Waals surface area contributed by atoms with Crippen molar-refractivity contribution < 1.29 is 4.74 Å². The van der Waals surface area contributed by atoms with E-state index in [-0.39, 0.29) is 12.1 Å². The quantitative estimate of drug-likeness (QED) is 0.353. The summed E-state index contributed by atoms with van der Waals surface area (Å²) in [5.74, 6) is 0.912. The Bertz CT molecular complexity index is 1290. The second-order valence-corrected chi connectivity index (χ2v) is 9.42.